The van der Waals surface area contributed by atoms with Gasteiger partial charge in [-0.1, -0.05) is 34.8 Å². The van der Waals surface area contributed by atoms with E-state index < -0.39 is 3.79 Å². The van der Waals surface area contributed by atoms with Gasteiger partial charge in [0.15, 0.2) is 5.82 Å². The molecule has 0 spiro atoms. The molecule has 0 saturated heterocycles. The second-order valence-electron chi connectivity index (χ2n) is 2.36. The van der Waals surface area contributed by atoms with E-state index >= 15 is 0 Å². The number of rotatable bonds is 1. The van der Waals surface area contributed by atoms with Crippen molar-refractivity contribution in [1.82, 2.24) is 9.97 Å². The highest BCUT2D eigenvalue weighted by atomic mass is 35.6. The lowest BCUT2D eigenvalue weighted by Gasteiger charge is -2.10. The molecule has 0 bridgehead atoms. The smallest absolute Gasteiger partial charge is 0.250 e. The first-order valence-electron chi connectivity index (χ1n) is 3.33. The fourth-order valence-electron chi connectivity index (χ4n) is 0.769. The zero-order chi connectivity index (χ0) is 10.1. The molecule has 0 aliphatic carbocycles. The van der Waals surface area contributed by atoms with Gasteiger partial charge < -0.3 is 5.43 Å². The van der Waals surface area contributed by atoms with Crippen molar-refractivity contribution in [1.29, 1.82) is 0 Å². The molecule has 1 aromatic rings. The topological polar surface area (TPSA) is 63.8 Å². The largest absolute Gasteiger partial charge is 0.308 e. The van der Waals surface area contributed by atoms with Gasteiger partial charge in [0.2, 0.25) is 3.79 Å². The van der Waals surface area contributed by atoms with E-state index in [9.17, 15) is 0 Å². The molecule has 0 aliphatic heterocycles. The van der Waals surface area contributed by atoms with Gasteiger partial charge in [0.25, 0.3) is 0 Å². The summed E-state index contributed by atoms with van der Waals surface area (Å²) in [5, 5.41) is 0. The first kappa shape index (κ1) is 10.8. The van der Waals surface area contributed by atoms with Crippen molar-refractivity contribution in [3.05, 3.63) is 17.6 Å². The average Bonchev–Trinajstić information content (AvgIpc) is 2.01. The van der Waals surface area contributed by atoms with Crippen molar-refractivity contribution in [3.8, 4) is 0 Å². The molecular formula is C6H7Cl3N4. The number of hydrogen-bond acceptors (Lipinski definition) is 4. The van der Waals surface area contributed by atoms with E-state index in [1.54, 1.807) is 13.0 Å². The molecule has 72 valence electrons. The third-order valence-corrected chi connectivity index (χ3v) is 1.76. The highest BCUT2D eigenvalue weighted by molar-refractivity contribution is 6.66. The second kappa shape index (κ2) is 3.84. The Balaban J connectivity index is 3.16. The predicted molar refractivity (Wildman–Crippen MR) is 53.8 cm³/mol. The van der Waals surface area contributed by atoms with Crippen LogP contribution in [0.15, 0.2) is 6.07 Å². The summed E-state index contributed by atoms with van der Waals surface area (Å²) in [5.41, 5.74) is 3.02. The van der Waals surface area contributed by atoms with Crippen molar-refractivity contribution in [3.63, 3.8) is 0 Å². The van der Waals surface area contributed by atoms with E-state index in [1.165, 1.54) is 0 Å². The summed E-state index contributed by atoms with van der Waals surface area (Å²) in [7, 11) is 0. The molecule has 0 unspecified atom stereocenters. The third-order valence-electron chi connectivity index (χ3n) is 1.26. The summed E-state index contributed by atoms with van der Waals surface area (Å²) < 4.78 is -1.63. The highest BCUT2D eigenvalue weighted by Crippen LogP contribution is 2.36. The highest BCUT2D eigenvalue weighted by Gasteiger charge is 2.27. The Morgan fingerprint density at radius 3 is 2.46 bits per heavy atom. The number of nitrogen functional groups attached to an aromatic ring is 1. The molecular weight excluding hydrogens is 234 g/mol. The molecule has 0 radical (unpaired) electrons. The van der Waals surface area contributed by atoms with Gasteiger partial charge in [0.1, 0.15) is 5.82 Å². The van der Waals surface area contributed by atoms with Crippen LogP contribution in [0.25, 0.3) is 0 Å². The Hall–Kier alpha value is -0.290. The van der Waals surface area contributed by atoms with Crippen LogP contribution in [0, 0.1) is 6.92 Å². The van der Waals surface area contributed by atoms with Crippen LogP contribution in [-0.4, -0.2) is 9.97 Å². The van der Waals surface area contributed by atoms with E-state index in [-0.39, 0.29) is 5.82 Å². The number of hydrogen-bond donors (Lipinski definition) is 2. The number of nitrogens with one attached hydrogen (secondary N) is 1. The van der Waals surface area contributed by atoms with Crippen molar-refractivity contribution >= 4 is 40.6 Å². The lowest BCUT2D eigenvalue weighted by atomic mass is 10.4. The Bertz CT molecular complexity index is 309. The van der Waals surface area contributed by atoms with Crippen LogP contribution in [-0.2, 0) is 3.79 Å². The molecule has 0 atom stereocenters. The normalized spacial score (nSPS) is 11.5. The van der Waals surface area contributed by atoms with E-state index in [4.69, 9.17) is 40.6 Å². The van der Waals surface area contributed by atoms with Crippen LogP contribution in [0.1, 0.15) is 11.5 Å². The average molecular weight is 242 g/mol. The maximum atomic E-state index is 5.60. The monoisotopic (exact) mass is 240 g/mol. The zero-order valence-corrected chi connectivity index (χ0v) is 8.95. The SMILES string of the molecule is Cc1cc(NN)nc(C(Cl)(Cl)Cl)n1. The first-order valence-corrected chi connectivity index (χ1v) is 4.46. The van der Waals surface area contributed by atoms with Crippen LogP contribution in [0.2, 0.25) is 0 Å². The summed E-state index contributed by atoms with van der Waals surface area (Å²) in [6.07, 6.45) is 0. The van der Waals surface area contributed by atoms with Crippen molar-refractivity contribution in [2.75, 3.05) is 5.43 Å². The summed E-state index contributed by atoms with van der Waals surface area (Å²) >= 11 is 16.8. The Morgan fingerprint density at radius 2 is 2.00 bits per heavy atom. The lowest BCUT2D eigenvalue weighted by molar-refractivity contribution is 0.940. The third kappa shape index (κ3) is 2.84. The number of aryl methyl sites for hydroxylation is 1. The number of halogens is 3. The van der Waals surface area contributed by atoms with Crippen molar-refractivity contribution in [2.24, 2.45) is 5.84 Å². The number of anilines is 1. The summed E-state index contributed by atoms with van der Waals surface area (Å²) in [6, 6.07) is 1.64. The minimum absolute atomic E-state index is 0.102. The fraction of sp³-hybridized carbons (Fsp3) is 0.333. The maximum absolute atomic E-state index is 5.60. The number of aromatic nitrogens is 2. The van der Waals surface area contributed by atoms with Gasteiger partial charge in [-0.3, -0.25) is 0 Å². The van der Waals surface area contributed by atoms with Crippen LogP contribution >= 0.6 is 34.8 Å². The maximum Gasteiger partial charge on any atom is 0.250 e. The van der Waals surface area contributed by atoms with Gasteiger partial charge in [-0.05, 0) is 6.92 Å². The Labute approximate surface area is 90.4 Å². The van der Waals surface area contributed by atoms with Gasteiger partial charge in [0.05, 0.1) is 0 Å². The lowest BCUT2D eigenvalue weighted by Crippen LogP contribution is -2.14. The molecule has 1 aromatic heterocycles. The zero-order valence-electron chi connectivity index (χ0n) is 6.68. The van der Waals surface area contributed by atoms with E-state index in [0.29, 0.717) is 11.5 Å². The minimum Gasteiger partial charge on any atom is -0.308 e. The van der Waals surface area contributed by atoms with E-state index in [1.807, 2.05) is 0 Å². The summed E-state index contributed by atoms with van der Waals surface area (Å²) in [4.78, 5) is 7.83. The standard InChI is InChI=1S/C6H7Cl3N4/c1-3-2-4(13-10)12-5(11-3)6(7,8)9/h2H,10H2,1H3,(H,11,12,13). The number of alkyl halides is 3. The quantitative estimate of drug-likeness (QED) is 0.448. The molecule has 3 N–H and O–H groups in total. The molecule has 0 aromatic carbocycles. The summed E-state index contributed by atoms with van der Waals surface area (Å²) in [5.74, 6) is 5.67. The molecule has 1 heterocycles. The molecule has 0 saturated carbocycles. The van der Waals surface area contributed by atoms with Gasteiger partial charge in [0, 0.05) is 11.8 Å². The first-order chi connectivity index (χ1) is 5.93. The fourth-order valence-corrected chi connectivity index (χ4v) is 1.02. The van der Waals surface area contributed by atoms with Crippen LogP contribution in [0.5, 0.6) is 0 Å². The molecule has 0 aliphatic rings. The van der Waals surface area contributed by atoms with Gasteiger partial charge in [-0.25, -0.2) is 15.8 Å². The van der Waals surface area contributed by atoms with Crippen LogP contribution in [0.4, 0.5) is 5.82 Å². The van der Waals surface area contributed by atoms with Gasteiger partial charge in [-0.2, -0.15) is 0 Å². The van der Waals surface area contributed by atoms with Crippen molar-refractivity contribution in [2.45, 2.75) is 10.7 Å². The molecule has 1 rings (SSSR count). The molecule has 4 nitrogen and oxygen atoms in total. The van der Waals surface area contributed by atoms with Crippen LogP contribution < -0.4 is 11.3 Å². The minimum atomic E-state index is -1.63. The van der Waals surface area contributed by atoms with E-state index in [0.717, 1.165) is 0 Å². The van der Waals surface area contributed by atoms with E-state index in [2.05, 4.69) is 15.4 Å². The summed E-state index contributed by atoms with van der Waals surface area (Å²) in [6.45, 7) is 1.75. The van der Waals surface area contributed by atoms with Crippen molar-refractivity contribution < 1.29 is 0 Å². The predicted octanol–water partition coefficient (Wildman–Crippen LogP) is 1.90. The van der Waals surface area contributed by atoms with Gasteiger partial charge >= 0.3 is 0 Å². The number of hydrazine groups is 1. The van der Waals surface area contributed by atoms with Crippen LogP contribution in [0.3, 0.4) is 0 Å². The Morgan fingerprint density at radius 1 is 1.38 bits per heavy atom. The Kier molecular flexibility index (Phi) is 3.18. The molecule has 13 heavy (non-hydrogen) atoms. The molecule has 7 heteroatoms. The van der Waals surface area contributed by atoms with Gasteiger partial charge in [-0.15, -0.1) is 0 Å². The second-order valence-corrected chi connectivity index (χ2v) is 4.64. The molecule has 0 amide bonds. The number of nitrogens with two attached hydrogens (primary N) is 1. The number of nitrogens with zero attached hydrogens (tertiary/aromatic N) is 2. The molecule has 0 fully saturated rings.